The van der Waals surface area contributed by atoms with Crippen LogP contribution in [0.5, 0.6) is 0 Å². The van der Waals surface area contributed by atoms with E-state index in [9.17, 15) is 4.79 Å². The van der Waals surface area contributed by atoms with Gasteiger partial charge in [0, 0.05) is 0 Å². The van der Waals surface area contributed by atoms with Crippen LogP contribution in [0.2, 0.25) is 0 Å². The van der Waals surface area contributed by atoms with Gasteiger partial charge in [-0.05, 0) is 12.2 Å². The highest BCUT2D eigenvalue weighted by atomic mass is 32.1. The summed E-state index contributed by atoms with van der Waals surface area (Å²) in [6, 6.07) is 0. The number of nitrogens with zero attached hydrogens (tertiary/aromatic N) is 4. The van der Waals surface area contributed by atoms with E-state index in [1.54, 1.807) is 0 Å². The molecule has 0 aliphatic carbocycles. The van der Waals surface area contributed by atoms with Crippen LogP contribution in [0.3, 0.4) is 0 Å². The van der Waals surface area contributed by atoms with Crippen LogP contribution < -0.4 is 10.9 Å². The summed E-state index contributed by atoms with van der Waals surface area (Å²) in [5.41, 5.74) is -0.298. The van der Waals surface area contributed by atoms with Gasteiger partial charge in [0.25, 0.3) is 0 Å². The van der Waals surface area contributed by atoms with E-state index in [-0.39, 0.29) is 15.6 Å². The summed E-state index contributed by atoms with van der Waals surface area (Å²) in [6.07, 6.45) is 1.27. The quantitative estimate of drug-likeness (QED) is 0.418. The first kappa shape index (κ1) is 7.78. The van der Waals surface area contributed by atoms with Gasteiger partial charge in [0.2, 0.25) is 4.77 Å². The number of nitrogens with one attached hydrogen (secondary N) is 1. The highest BCUT2D eigenvalue weighted by Crippen LogP contribution is 1.82. The van der Waals surface area contributed by atoms with Crippen LogP contribution in [0.4, 0.5) is 0 Å². The minimum Gasteiger partial charge on any atom is -0.763 e. The minimum absolute atomic E-state index is 0.0505. The van der Waals surface area contributed by atoms with Crippen molar-refractivity contribution in [2.75, 3.05) is 0 Å². The summed E-state index contributed by atoms with van der Waals surface area (Å²) in [6.45, 7) is 0. The predicted molar refractivity (Wildman–Crippen MR) is 47.1 cm³/mol. The molecule has 0 unspecified atom stereocenters. The van der Waals surface area contributed by atoms with E-state index in [2.05, 4.69) is 27.3 Å². The van der Waals surface area contributed by atoms with Gasteiger partial charge >= 0.3 is 5.69 Å². The van der Waals surface area contributed by atoms with E-state index in [1.807, 2.05) is 5.87 Å². The Balaban J connectivity index is 3.26. The van der Waals surface area contributed by atoms with Crippen molar-refractivity contribution < 1.29 is 0 Å². The standard InChI is InChI=1S/C6H2N5OS/c7-1-3-2-8-11-4(3)9-5(13)10-6(11)12/h2H,(H,10,12,13)/q-1. The fourth-order valence-electron chi connectivity index (χ4n) is 0.946. The lowest BCUT2D eigenvalue weighted by Gasteiger charge is -1.87. The van der Waals surface area contributed by atoms with Crippen LogP contribution in [0, 0.1) is 4.77 Å². The zero-order valence-electron chi connectivity index (χ0n) is 6.18. The zero-order chi connectivity index (χ0) is 9.42. The number of aromatic nitrogens is 4. The zero-order valence-corrected chi connectivity index (χ0v) is 7.00. The van der Waals surface area contributed by atoms with Crippen LogP contribution in [-0.4, -0.2) is 25.5 Å². The number of hydrogen-bond acceptors (Lipinski definition) is 4. The molecule has 2 aromatic heterocycles. The molecule has 64 valence electrons. The lowest BCUT2D eigenvalue weighted by molar-refractivity contribution is 0.833. The fraction of sp³-hybridized carbons (Fsp3) is 0. The van der Waals surface area contributed by atoms with Crippen molar-refractivity contribution in [3.8, 4) is 0 Å². The summed E-state index contributed by atoms with van der Waals surface area (Å²) in [4.78, 5) is 17.3. The van der Waals surface area contributed by atoms with Crippen LogP contribution in [-0.2, 0) is 0 Å². The van der Waals surface area contributed by atoms with Gasteiger partial charge in [-0.15, -0.1) is 0 Å². The Kier molecular flexibility index (Phi) is 1.54. The highest BCUT2D eigenvalue weighted by Gasteiger charge is 2.00. The van der Waals surface area contributed by atoms with E-state index >= 15 is 0 Å². The molecule has 0 radical (unpaired) electrons. The van der Waals surface area contributed by atoms with Gasteiger partial charge in [-0.3, -0.25) is 10.9 Å². The minimum atomic E-state index is -0.489. The largest absolute Gasteiger partial charge is 0.763 e. The second-order valence-electron chi connectivity index (χ2n) is 2.25. The van der Waals surface area contributed by atoms with Crippen molar-refractivity contribution in [3.05, 3.63) is 32.1 Å². The molecule has 13 heavy (non-hydrogen) atoms. The molecule has 0 saturated heterocycles. The molecule has 0 fully saturated rings. The summed E-state index contributed by atoms with van der Waals surface area (Å²) >= 11 is 4.68. The van der Waals surface area contributed by atoms with Gasteiger partial charge in [-0.2, -0.15) is 14.6 Å². The summed E-state index contributed by atoms with van der Waals surface area (Å²) < 4.78 is 1.04. The normalized spacial score (nSPS) is 10.2. The van der Waals surface area contributed by atoms with E-state index in [1.165, 1.54) is 6.20 Å². The van der Waals surface area contributed by atoms with Crippen molar-refractivity contribution in [2.24, 2.45) is 0 Å². The molecule has 0 aliphatic rings. The average molecular weight is 192 g/mol. The molecule has 0 atom stereocenters. The Hall–Kier alpha value is -1.85. The molecule has 0 amide bonds. The van der Waals surface area contributed by atoms with Gasteiger partial charge in [0.15, 0.2) is 5.65 Å². The van der Waals surface area contributed by atoms with Gasteiger partial charge in [-0.25, -0.2) is 4.79 Å². The molecule has 6 nitrogen and oxygen atoms in total. The first-order valence-electron chi connectivity index (χ1n) is 3.27. The monoisotopic (exact) mass is 192 g/mol. The van der Waals surface area contributed by atoms with Crippen LogP contribution >= 0.6 is 12.2 Å². The molecule has 0 aromatic carbocycles. The topological polar surface area (TPSA) is 85.3 Å². The molecule has 0 bridgehead atoms. The van der Waals surface area contributed by atoms with Gasteiger partial charge < -0.3 is 5.41 Å². The molecule has 1 N–H and O–H groups in total. The first-order valence-corrected chi connectivity index (χ1v) is 3.68. The number of aromatic amines is 1. The molecular formula is C6H2N5OS-. The molecular weight excluding hydrogens is 190 g/mol. The third-order valence-electron chi connectivity index (χ3n) is 1.48. The summed E-state index contributed by atoms with van der Waals surface area (Å²) in [5.74, 6) is 1.86. The van der Waals surface area contributed by atoms with E-state index in [0.717, 1.165) is 4.52 Å². The van der Waals surface area contributed by atoms with Gasteiger partial charge in [-0.1, -0.05) is 0 Å². The molecule has 7 heteroatoms. The van der Waals surface area contributed by atoms with Crippen LogP contribution in [0.25, 0.3) is 11.1 Å². The van der Waals surface area contributed by atoms with Crippen molar-refractivity contribution >= 4 is 23.7 Å². The number of H-pyrrole nitrogens is 1. The summed E-state index contributed by atoms with van der Waals surface area (Å²) in [7, 11) is 0. The lowest BCUT2D eigenvalue weighted by Crippen LogP contribution is -2.20. The Morgan fingerprint density at radius 2 is 2.46 bits per heavy atom. The van der Waals surface area contributed by atoms with Crippen LogP contribution in [0.15, 0.2) is 11.0 Å². The van der Waals surface area contributed by atoms with Crippen molar-refractivity contribution in [1.82, 2.24) is 19.6 Å². The molecule has 2 heterocycles. The van der Waals surface area contributed by atoms with Crippen molar-refractivity contribution in [3.63, 3.8) is 0 Å². The molecule has 0 spiro atoms. The second kappa shape index (κ2) is 2.58. The maximum Gasteiger partial charge on any atom is 0.350 e. The third-order valence-corrected chi connectivity index (χ3v) is 1.67. The number of hydrogen-bond donors (Lipinski definition) is 1. The Labute approximate surface area is 76.1 Å². The Morgan fingerprint density at radius 1 is 1.69 bits per heavy atom. The third kappa shape index (κ3) is 1.07. The van der Waals surface area contributed by atoms with Crippen LogP contribution in [0.1, 0.15) is 0 Å². The van der Waals surface area contributed by atoms with E-state index < -0.39 is 5.69 Å². The average Bonchev–Trinajstić information content (AvgIpc) is 2.47. The lowest BCUT2D eigenvalue weighted by atomic mass is 10.5. The van der Waals surface area contributed by atoms with Crippen molar-refractivity contribution in [1.29, 1.82) is 0 Å². The van der Waals surface area contributed by atoms with Crippen molar-refractivity contribution in [2.45, 2.75) is 0 Å². The molecule has 2 rings (SSSR count). The maximum atomic E-state index is 11.2. The Bertz CT molecular complexity index is 650. The van der Waals surface area contributed by atoms with E-state index in [0.29, 0.717) is 0 Å². The smallest absolute Gasteiger partial charge is 0.350 e. The molecule has 0 aliphatic heterocycles. The second-order valence-corrected chi connectivity index (χ2v) is 2.64. The van der Waals surface area contributed by atoms with Gasteiger partial charge in [0.05, 0.1) is 11.4 Å². The maximum absolute atomic E-state index is 11.2. The first-order chi connectivity index (χ1) is 6.22. The van der Waals surface area contributed by atoms with E-state index in [4.69, 9.17) is 5.41 Å². The summed E-state index contributed by atoms with van der Waals surface area (Å²) in [5, 5.41) is 12.5. The number of fused-ring (bicyclic) bond motifs is 1. The Morgan fingerprint density at radius 3 is 3.15 bits per heavy atom. The molecule has 0 saturated carbocycles. The fourth-order valence-corrected chi connectivity index (χ4v) is 1.12. The van der Waals surface area contributed by atoms with Gasteiger partial charge in [0.1, 0.15) is 0 Å². The number of rotatable bonds is 0. The predicted octanol–water partition coefficient (Wildman–Crippen LogP) is -1.22. The molecule has 2 aromatic rings. The highest BCUT2D eigenvalue weighted by molar-refractivity contribution is 7.71. The SMILES string of the molecule is [N-]=C=c1cnn2c(=O)[nH]c(=S)nc12.